The first-order chi connectivity index (χ1) is 12.2. The summed E-state index contributed by atoms with van der Waals surface area (Å²) in [5.74, 6) is 1.07. The maximum Gasteiger partial charge on any atom is 0.227 e. The number of likely N-dealkylation sites (tertiary alicyclic amines) is 1. The summed E-state index contributed by atoms with van der Waals surface area (Å²) in [7, 11) is 3.91. The summed E-state index contributed by atoms with van der Waals surface area (Å²) >= 11 is 0. The van der Waals surface area contributed by atoms with Crippen LogP contribution < -0.4 is 4.74 Å². The van der Waals surface area contributed by atoms with E-state index in [0.717, 1.165) is 44.0 Å². The number of carbonyl (C=O) groups excluding carboxylic acids is 1. The van der Waals surface area contributed by atoms with Crippen LogP contribution in [0.5, 0.6) is 5.75 Å². The molecule has 2 aliphatic heterocycles. The third kappa shape index (κ3) is 4.95. The number of rotatable bonds is 5. The molecule has 0 aliphatic carbocycles. The van der Waals surface area contributed by atoms with Gasteiger partial charge in [-0.3, -0.25) is 9.69 Å². The van der Waals surface area contributed by atoms with Crippen LogP contribution in [0.25, 0.3) is 0 Å². The largest absolute Gasteiger partial charge is 0.497 e. The summed E-state index contributed by atoms with van der Waals surface area (Å²) in [6, 6.07) is 8.48. The minimum Gasteiger partial charge on any atom is -0.497 e. The Bertz CT molecular complexity index is 553. The normalized spacial score (nSPS) is 22.8. The number of hydrogen-bond acceptors (Lipinski definition) is 4. The van der Waals surface area contributed by atoms with Crippen LogP contribution in [0.1, 0.15) is 24.8 Å². The fourth-order valence-electron chi connectivity index (χ4n) is 3.88. The quantitative estimate of drug-likeness (QED) is 0.816. The lowest BCUT2D eigenvalue weighted by Crippen LogP contribution is -2.53. The lowest BCUT2D eigenvalue weighted by atomic mass is 10.0. The average molecular weight is 345 g/mol. The molecule has 3 rings (SSSR count). The topological polar surface area (TPSA) is 36.0 Å². The molecule has 0 unspecified atom stereocenters. The Morgan fingerprint density at radius 2 is 1.80 bits per heavy atom. The number of hydrogen-bond donors (Lipinski definition) is 0. The van der Waals surface area contributed by atoms with Crippen LogP contribution in [0.2, 0.25) is 0 Å². The fraction of sp³-hybridized carbons (Fsp3) is 0.650. The molecule has 0 radical (unpaired) electrons. The number of ether oxygens (including phenoxy) is 1. The van der Waals surface area contributed by atoms with Crippen LogP contribution in [0.4, 0.5) is 0 Å². The number of benzene rings is 1. The van der Waals surface area contributed by atoms with E-state index in [1.807, 2.05) is 29.2 Å². The second-order valence-corrected chi connectivity index (χ2v) is 7.34. The Labute approximate surface area is 151 Å². The van der Waals surface area contributed by atoms with Crippen molar-refractivity contribution in [3.05, 3.63) is 29.8 Å². The molecular weight excluding hydrogens is 314 g/mol. The fourth-order valence-corrected chi connectivity index (χ4v) is 3.88. The van der Waals surface area contributed by atoms with Gasteiger partial charge in [0.05, 0.1) is 13.5 Å². The summed E-state index contributed by atoms with van der Waals surface area (Å²) in [6.45, 7) is 6.08. The smallest absolute Gasteiger partial charge is 0.227 e. The zero-order valence-electron chi connectivity index (χ0n) is 15.6. The summed E-state index contributed by atoms with van der Waals surface area (Å²) in [5.41, 5.74) is 1.05. The molecule has 2 heterocycles. The highest BCUT2D eigenvalue weighted by Gasteiger charge is 2.25. The van der Waals surface area contributed by atoms with E-state index in [0.29, 0.717) is 12.5 Å². The molecule has 1 aromatic rings. The Hall–Kier alpha value is -1.59. The van der Waals surface area contributed by atoms with E-state index in [2.05, 4.69) is 16.8 Å². The number of likely N-dealkylation sites (N-methyl/N-ethyl adjacent to an activating group) is 1. The number of nitrogens with zero attached hydrogens (tertiary/aromatic N) is 3. The first-order valence-corrected chi connectivity index (χ1v) is 9.49. The predicted octanol–water partition coefficient (Wildman–Crippen LogP) is 1.87. The molecule has 1 aromatic carbocycles. The van der Waals surface area contributed by atoms with Gasteiger partial charge >= 0.3 is 0 Å². The Kier molecular flexibility index (Phi) is 6.32. The molecule has 0 N–H and O–H groups in total. The highest BCUT2D eigenvalue weighted by Crippen LogP contribution is 2.17. The van der Waals surface area contributed by atoms with Crippen LogP contribution in [-0.2, 0) is 11.2 Å². The Balaban J connectivity index is 1.44. The molecule has 2 saturated heterocycles. The van der Waals surface area contributed by atoms with E-state index in [1.165, 1.54) is 25.8 Å². The molecule has 0 saturated carbocycles. The number of carbonyl (C=O) groups is 1. The van der Waals surface area contributed by atoms with E-state index in [4.69, 9.17) is 4.74 Å². The van der Waals surface area contributed by atoms with Gasteiger partial charge in [0.25, 0.3) is 0 Å². The SMILES string of the molecule is COc1ccc(CC(=O)N2CCN(C[C@H]3CCCCN3C)CC2)cc1. The van der Waals surface area contributed by atoms with Gasteiger partial charge in [-0.25, -0.2) is 0 Å². The predicted molar refractivity (Wildman–Crippen MR) is 100.0 cm³/mol. The molecule has 138 valence electrons. The number of piperazine rings is 1. The molecule has 2 fully saturated rings. The molecular formula is C20H31N3O2. The van der Waals surface area contributed by atoms with E-state index < -0.39 is 0 Å². The first kappa shape index (κ1) is 18.2. The molecule has 0 spiro atoms. The summed E-state index contributed by atoms with van der Waals surface area (Å²) in [6.07, 6.45) is 4.48. The highest BCUT2D eigenvalue weighted by atomic mass is 16.5. The molecule has 1 atom stereocenters. The van der Waals surface area contributed by atoms with Gasteiger partial charge in [-0.05, 0) is 44.1 Å². The number of methoxy groups -OCH3 is 1. The van der Waals surface area contributed by atoms with E-state index in [9.17, 15) is 4.79 Å². The lowest BCUT2D eigenvalue weighted by molar-refractivity contribution is -0.132. The molecule has 25 heavy (non-hydrogen) atoms. The second-order valence-electron chi connectivity index (χ2n) is 7.34. The molecule has 2 aliphatic rings. The summed E-state index contributed by atoms with van der Waals surface area (Å²) in [5, 5.41) is 0. The third-order valence-corrected chi connectivity index (χ3v) is 5.63. The third-order valence-electron chi connectivity index (χ3n) is 5.63. The van der Waals surface area contributed by atoms with Crippen LogP contribution in [-0.4, -0.2) is 80.1 Å². The Morgan fingerprint density at radius 1 is 1.08 bits per heavy atom. The van der Waals surface area contributed by atoms with Crippen molar-refractivity contribution in [2.24, 2.45) is 0 Å². The van der Waals surface area contributed by atoms with Crippen molar-refractivity contribution in [2.45, 2.75) is 31.7 Å². The van der Waals surface area contributed by atoms with Gasteiger partial charge < -0.3 is 14.5 Å². The van der Waals surface area contributed by atoms with Crippen molar-refractivity contribution in [1.29, 1.82) is 0 Å². The number of amides is 1. The van der Waals surface area contributed by atoms with Crippen LogP contribution in [0.15, 0.2) is 24.3 Å². The molecule has 1 amide bonds. The minimum atomic E-state index is 0.236. The standard InChI is InChI=1S/C20H31N3O2/c1-21-10-4-3-5-18(21)16-22-11-13-23(14-12-22)20(24)15-17-6-8-19(25-2)9-7-17/h6-9,18H,3-5,10-16H2,1-2H3/t18-/m1/s1. The minimum absolute atomic E-state index is 0.236. The lowest BCUT2D eigenvalue weighted by Gasteiger charge is -2.40. The van der Waals surface area contributed by atoms with Crippen molar-refractivity contribution in [1.82, 2.24) is 14.7 Å². The zero-order valence-corrected chi connectivity index (χ0v) is 15.6. The second kappa shape index (κ2) is 8.68. The molecule has 0 aromatic heterocycles. The highest BCUT2D eigenvalue weighted by molar-refractivity contribution is 5.78. The number of piperidine rings is 1. The van der Waals surface area contributed by atoms with E-state index in [-0.39, 0.29) is 5.91 Å². The van der Waals surface area contributed by atoms with Crippen LogP contribution in [0, 0.1) is 0 Å². The van der Waals surface area contributed by atoms with Crippen molar-refractivity contribution in [2.75, 3.05) is 53.4 Å². The molecule has 5 heteroatoms. The van der Waals surface area contributed by atoms with Crippen LogP contribution >= 0.6 is 0 Å². The monoisotopic (exact) mass is 345 g/mol. The van der Waals surface area contributed by atoms with E-state index >= 15 is 0 Å². The first-order valence-electron chi connectivity index (χ1n) is 9.49. The van der Waals surface area contributed by atoms with Gasteiger partial charge in [0.2, 0.25) is 5.91 Å². The van der Waals surface area contributed by atoms with Gasteiger partial charge in [0.15, 0.2) is 0 Å². The van der Waals surface area contributed by atoms with Crippen molar-refractivity contribution in [3.8, 4) is 5.75 Å². The van der Waals surface area contributed by atoms with E-state index in [1.54, 1.807) is 7.11 Å². The van der Waals surface area contributed by atoms with Gasteiger partial charge in [-0.15, -0.1) is 0 Å². The maximum absolute atomic E-state index is 12.5. The summed E-state index contributed by atoms with van der Waals surface area (Å²) in [4.78, 5) is 19.6. The van der Waals surface area contributed by atoms with Gasteiger partial charge in [-0.2, -0.15) is 0 Å². The Morgan fingerprint density at radius 3 is 2.44 bits per heavy atom. The molecule has 5 nitrogen and oxygen atoms in total. The van der Waals surface area contributed by atoms with Crippen molar-refractivity contribution >= 4 is 5.91 Å². The van der Waals surface area contributed by atoms with Crippen molar-refractivity contribution in [3.63, 3.8) is 0 Å². The summed E-state index contributed by atoms with van der Waals surface area (Å²) < 4.78 is 5.17. The maximum atomic E-state index is 12.5. The van der Waals surface area contributed by atoms with Crippen LogP contribution in [0.3, 0.4) is 0 Å². The zero-order chi connectivity index (χ0) is 17.6. The average Bonchev–Trinajstić information content (AvgIpc) is 2.65. The molecule has 0 bridgehead atoms. The van der Waals surface area contributed by atoms with Crippen molar-refractivity contribution < 1.29 is 9.53 Å². The van der Waals surface area contributed by atoms with Gasteiger partial charge in [0, 0.05) is 38.8 Å². The van der Waals surface area contributed by atoms with Gasteiger partial charge in [-0.1, -0.05) is 18.6 Å². The van der Waals surface area contributed by atoms with Gasteiger partial charge in [0.1, 0.15) is 5.75 Å².